The summed E-state index contributed by atoms with van der Waals surface area (Å²) in [6.45, 7) is 3.10. The van der Waals surface area contributed by atoms with Crippen LogP contribution in [-0.4, -0.2) is 44.6 Å². The van der Waals surface area contributed by atoms with Crippen molar-refractivity contribution in [3.63, 3.8) is 0 Å². The molecule has 7 heteroatoms. The molecule has 1 aliphatic heterocycles. The van der Waals surface area contributed by atoms with Gasteiger partial charge in [-0.1, -0.05) is 28.9 Å². The summed E-state index contributed by atoms with van der Waals surface area (Å²) in [6.07, 6.45) is 1.60. The molecule has 1 saturated heterocycles. The number of carbonyl (C=O) groups is 1. The van der Waals surface area contributed by atoms with Crippen LogP contribution in [0.15, 0.2) is 47.1 Å². The Morgan fingerprint density at radius 2 is 2.20 bits per heavy atom. The fourth-order valence-electron chi connectivity index (χ4n) is 2.76. The third-order valence-electron chi connectivity index (χ3n) is 3.89. The van der Waals surface area contributed by atoms with E-state index >= 15 is 0 Å². The number of carbonyl (C=O) groups excluding carboxylic acids is 1. The van der Waals surface area contributed by atoms with Crippen molar-refractivity contribution >= 4 is 32.6 Å². The van der Waals surface area contributed by atoms with Gasteiger partial charge in [0.25, 0.3) is 5.91 Å². The van der Waals surface area contributed by atoms with Crippen LogP contribution in [0.2, 0.25) is 0 Å². The van der Waals surface area contributed by atoms with Gasteiger partial charge in [0, 0.05) is 46.1 Å². The largest absolute Gasteiger partial charge is 0.438 e. The molecule has 1 fully saturated rings. The summed E-state index contributed by atoms with van der Waals surface area (Å²) in [4.78, 5) is 19.0. The van der Waals surface area contributed by atoms with E-state index in [0.29, 0.717) is 35.9 Å². The molecular weight excluding hydrogens is 404 g/mol. The number of aromatic nitrogens is 1. The van der Waals surface area contributed by atoms with Gasteiger partial charge in [-0.3, -0.25) is 9.00 Å². The Balaban J connectivity index is 1.84. The van der Waals surface area contributed by atoms with Gasteiger partial charge in [-0.25, -0.2) is 4.98 Å². The van der Waals surface area contributed by atoms with Gasteiger partial charge in [0.2, 0.25) is 5.88 Å². The Morgan fingerprint density at radius 3 is 3.00 bits per heavy atom. The first-order valence-electron chi connectivity index (χ1n) is 8.05. The highest BCUT2D eigenvalue weighted by Crippen LogP contribution is 2.26. The van der Waals surface area contributed by atoms with Gasteiger partial charge in [0.15, 0.2) is 0 Å². The summed E-state index contributed by atoms with van der Waals surface area (Å²) in [6, 6.07) is 10.8. The standard InChI is InChI=1S/C18H19BrN2O3S/c1-13-11-21(8-9-25(23)12-13)18(22)16-6-3-7-20-17(16)24-15-5-2-4-14(19)10-15/h2-7,10,13H,8-9,11-12H2,1H3/t13-,25+/m1/s1. The van der Waals surface area contributed by atoms with E-state index < -0.39 is 10.8 Å². The van der Waals surface area contributed by atoms with E-state index in [0.717, 1.165) is 4.47 Å². The van der Waals surface area contributed by atoms with Crippen molar-refractivity contribution < 1.29 is 13.7 Å². The van der Waals surface area contributed by atoms with Crippen molar-refractivity contribution in [2.75, 3.05) is 24.6 Å². The third-order valence-corrected chi connectivity index (χ3v) is 5.96. The Kier molecular flexibility index (Phi) is 5.86. The lowest BCUT2D eigenvalue weighted by molar-refractivity contribution is 0.0748. The third kappa shape index (κ3) is 4.67. The topological polar surface area (TPSA) is 59.5 Å². The maximum absolute atomic E-state index is 13.0. The van der Waals surface area contributed by atoms with Gasteiger partial charge in [-0.05, 0) is 36.2 Å². The molecule has 0 spiro atoms. The molecule has 0 N–H and O–H groups in total. The molecule has 25 heavy (non-hydrogen) atoms. The molecule has 1 aromatic heterocycles. The Morgan fingerprint density at radius 1 is 1.36 bits per heavy atom. The lowest BCUT2D eigenvalue weighted by Gasteiger charge is -2.23. The smallest absolute Gasteiger partial charge is 0.259 e. The molecule has 0 bridgehead atoms. The van der Waals surface area contributed by atoms with Crippen LogP contribution < -0.4 is 4.74 Å². The number of amides is 1. The minimum Gasteiger partial charge on any atom is -0.438 e. The zero-order chi connectivity index (χ0) is 17.8. The van der Waals surface area contributed by atoms with Crippen LogP contribution in [0.25, 0.3) is 0 Å². The number of nitrogens with zero attached hydrogens (tertiary/aromatic N) is 2. The summed E-state index contributed by atoms with van der Waals surface area (Å²) < 4.78 is 18.6. The van der Waals surface area contributed by atoms with Gasteiger partial charge in [0.1, 0.15) is 11.3 Å². The molecule has 132 valence electrons. The van der Waals surface area contributed by atoms with E-state index in [2.05, 4.69) is 20.9 Å². The summed E-state index contributed by atoms with van der Waals surface area (Å²) in [7, 11) is -0.867. The van der Waals surface area contributed by atoms with Crippen LogP contribution >= 0.6 is 15.9 Å². The van der Waals surface area contributed by atoms with Crippen molar-refractivity contribution in [2.45, 2.75) is 6.92 Å². The van der Waals surface area contributed by atoms with Crippen LogP contribution in [0, 0.1) is 5.92 Å². The van der Waals surface area contributed by atoms with Crippen molar-refractivity contribution in [2.24, 2.45) is 5.92 Å². The van der Waals surface area contributed by atoms with Gasteiger partial charge in [-0.15, -0.1) is 0 Å². The van der Waals surface area contributed by atoms with Crippen molar-refractivity contribution in [3.05, 3.63) is 52.6 Å². The van der Waals surface area contributed by atoms with Crippen LogP contribution in [0.1, 0.15) is 17.3 Å². The average molecular weight is 423 g/mol. The second-order valence-corrected chi connectivity index (χ2v) is 8.62. The number of benzene rings is 1. The predicted octanol–water partition coefficient (Wildman–Crippen LogP) is 3.48. The zero-order valence-electron chi connectivity index (χ0n) is 13.9. The van der Waals surface area contributed by atoms with E-state index in [9.17, 15) is 9.00 Å². The maximum atomic E-state index is 13.0. The molecule has 1 aliphatic rings. The number of rotatable bonds is 3. The number of hydrogen-bond donors (Lipinski definition) is 0. The summed E-state index contributed by atoms with van der Waals surface area (Å²) in [5.74, 6) is 2.11. The first-order chi connectivity index (χ1) is 12.0. The minimum atomic E-state index is -0.867. The monoisotopic (exact) mass is 422 g/mol. The number of pyridine rings is 1. The van der Waals surface area contributed by atoms with Crippen LogP contribution in [0.3, 0.4) is 0 Å². The first kappa shape index (κ1) is 18.1. The second-order valence-electron chi connectivity index (χ2n) is 6.08. The molecule has 0 unspecified atom stereocenters. The maximum Gasteiger partial charge on any atom is 0.259 e. The van der Waals surface area contributed by atoms with Crippen molar-refractivity contribution in [3.8, 4) is 11.6 Å². The molecule has 5 nitrogen and oxygen atoms in total. The molecule has 0 saturated carbocycles. The van der Waals surface area contributed by atoms with Crippen LogP contribution in [-0.2, 0) is 10.8 Å². The highest BCUT2D eigenvalue weighted by Gasteiger charge is 2.26. The quantitative estimate of drug-likeness (QED) is 0.759. The van der Waals surface area contributed by atoms with E-state index in [1.807, 2.05) is 31.2 Å². The normalized spacial score (nSPS) is 20.8. The summed E-state index contributed by atoms with van der Waals surface area (Å²) in [5, 5.41) is 0. The van der Waals surface area contributed by atoms with E-state index in [1.165, 1.54) is 0 Å². The van der Waals surface area contributed by atoms with E-state index in [-0.39, 0.29) is 17.7 Å². The van der Waals surface area contributed by atoms with Crippen LogP contribution in [0.4, 0.5) is 0 Å². The molecule has 2 atom stereocenters. The lowest BCUT2D eigenvalue weighted by atomic mass is 10.1. The number of halogens is 1. The Labute approximate surface area is 158 Å². The van der Waals surface area contributed by atoms with Crippen LogP contribution in [0.5, 0.6) is 11.6 Å². The summed E-state index contributed by atoms with van der Waals surface area (Å²) >= 11 is 3.40. The molecule has 0 radical (unpaired) electrons. The summed E-state index contributed by atoms with van der Waals surface area (Å²) in [5.41, 5.74) is 0.419. The average Bonchev–Trinajstić information content (AvgIpc) is 2.75. The second kappa shape index (κ2) is 8.10. The first-order valence-corrected chi connectivity index (χ1v) is 10.3. The highest BCUT2D eigenvalue weighted by molar-refractivity contribution is 9.10. The molecule has 1 amide bonds. The van der Waals surface area contributed by atoms with E-state index in [4.69, 9.17) is 4.74 Å². The SMILES string of the molecule is C[C@@H]1CN(C(=O)c2cccnc2Oc2cccc(Br)c2)CC[S@](=O)C1. The lowest BCUT2D eigenvalue weighted by Crippen LogP contribution is -2.35. The molecule has 2 aromatic rings. The van der Waals surface area contributed by atoms with Gasteiger partial charge >= 0.3 is 0 Å². The Bertz CT molecular complexity index is 799. The van der Waals surface area contributed by atoms with Gasteiger partial charge in [0.05, 0.1) is 0 Å². The van der Waals surface area contributed by atoms with Crippen molar-refractivity contribution in [1.29, 1.82) is 0 Å². The Hall–Kier alpha value is -1.73. The highest BCUT2D eigenvalue weighted by atomic mass is 79.9. The molecule has 1 aromatic carbocycles. The number of ether oxygens (including phenoxy) is 1. The fraction of sp³-hybridized carbons (Fsp3) is 0.333. The molecule has 0 aliphatic carbocycles. The fourth-order valence-corrected chi connectivity index (χ4v) is 4.47. The van der Waals surface area contributed by atoms with Crippen molar-refractivity contribution in [1.82, 2.24) is 9.88 Å². The molecule has 3 rings (SSSR count). The number of hydrogen-bond acceptors (Lipinski definition) is 4. The zero-order valence-corrected chi connectivity index (χ0v) is 16.3. The minimum absolute atomic E-state index is 0.135. The van der Waals surface area contributed by atoms with Gasteiger partial charge in [-0.2, -0.15) is 0 Å². The predicted molar refractivity (Wildman–Crippen MR) is 101 cm³/mol. The van der Waals surface area contributed by atoms with E-state index in [1.54, 1.807) is 23.2 Å². The molecule has 2 heterocycles. The molecular formula is C18H19BrN2O3S. The van der Waals surface area contributed by atoms with Gasteiger partial charge < -0.3 is 9.64 Å².